The molecule has 2 heterocycles. The summed E-state index contributed by atoms with van der Waals surface area (Å²) < 4.78 is 1.91. The van der Waals surface area contributed by atoms with Crippen molar-refractivity contribution in [3.63, 3.8) is 0 Å². The molecule has 0 aliphatic heterocycles. The van der Waals surface area contributed by atoms with E-state index in [2.05, 4.69) is 5.10 Å². The van der Waals surface area contributed by atoms with Gasteiger partial charge in [-0.1, -0.05) is 18.2 Å². The number of ketones is 1. The molecule has 116 valence electrons. The Morgan fingerprint density at radius 2 is 1.83 bits per heavy atom. The van der Waals surface area contributed by atoms with Crippen molar-refractivity contribution < 1.29 is 4.79 Å². The summed E-state index contributed by atoms with van der Waals surface area (Å²) in [4.78, 5) is 14.1. The zero-order valence-electron chi connectivity index (χ0n) is 13.4. The van der Waals surface area contributed by atoms with Crippen LogP contribution in [0.4, 0.5) is 0 Å². The van der Waals surface area contributed by atoms with Crippen molar-refractivity contribution in [3.05, 3.63) is 75.2 Å². The van der Waals surface area contributed by atoms with Crippen molar-refractivity contribution in [2.45, 2.75) is 20.8 Å². The third-order valence-electron chi connectivity index (χ3n) is 3.73. The summed E-state index contributed by atoms with van der Waals surface area (Å²) >= 11 is 1.52. The van der Waals surface area contributed by atoms with Gasteiger partial charge in [0.2, 0.25) is 0 Å². The van der Waals surface area contributed by atoms with Crippen LogP contribution < -0.4 is 0 Å². The number of benzene rings is 1. The van der Waals surface area contributed by atoms with Gasteiger partial charge in [-0.3, -0.25) is 4.79 Å². The molecule has 0 aliphatic rings. The van der Waals surface area contributed by atoms with Crippen LogP contribution in [-0.2, 0) is 0 Å². The molecule has 0 spiro atoms. The fourth-order valence-electron chi connectivity index (χ4n) is 2.52. The van der Waals surface area contributed by atoms with Gasteiger partial charge in [-0.25, -0.2) is 4.68 Å². The quantitative estimate of drug-likeness (QED) is 0.513. The molecule has 3 rings (SSSR count). The Bertz CT molecular complexity index is 872. The van der Waals surface area contributed by atoms with E-state index in [1.165, 1.54) is 11.3 Å². The van der Waals surface area contributed by atoms with E-state index in [9.17, 15) is 4.79 Å². The maximum atomic E-state index is 12.2. The Balaban J connectivity index is 1.90. The van der Waals surface area contributed by atoms with E-state index in [0.717, 1.165) is 32.4 Å². The molecule has 1 aromatic carbocycles. The van der Waals surface area contributed by atoms with Crippen molar-refractivity contribution in [3.8, 4) is 5.69 Å². The Kier molecular flexibility index (Phi) is 4.26. The number of hydrogen-bond donors (Lipinski definition) is 0. The normalized spacial score (nSPS) is 11.3. The molecule has 0 bridgehead atoms. The monoisotopic (exact) mass is 322 g/mol. The highest BCUT2D eigenvalue weighted by atomic mass is 32.1. The maximum absolute atomic E-state index is 12.2. The number of hydrogen-bond acceptors (Lipinski definition) is 3. The fraction of sp³-hybridized carbons (Fsp3) is 0.158. The van der Waals surface area contributed by atoms with Crippen LogP contribution in [0.3, 0.4) is 0 Å². The Morgan fingerprint density at radius 3 is 2.48 bits per heavy atom. The van der Waals surface area contributed by atoms with Gasteiger partial charge in [0.05, 0.1) is 16.3 Å². The summed E-state index contributed by atoms with van der Waals surface area (Å²) in [5, 5.41) is 4.59. The number of nitrogens with zero attached hydrogens (tertiary/aromatic N) is 2. The molecule has 0 saturated carbocycles. The lowest BCUT2D eigenvalue weighted by atomic mass is 10.1. The highest BCUT2D eigenvalue weighted by molar-refractivity contribution is 7.14. The maximum Gasteiger partial charge on any atom is 0.195 e. The van der Waals surface area contributed by atoms with E-state index in [1.54, 1.807) is 6.08 Å². The van der Waals surface area contributed by atoms with E-state index >= 15 is 0 Å². The molecule has 4 heteroatoms. The predicted octanol–water partition coefficient (Wildman–Crippen LogP) is 4.76. The molecule has 0 N–H and O–H groups in total. The number of aryl methyl sites for hydroxylation is 2. The zero-order chi connectivity index (χ0) is 16.4. The number of carbonyl (C=O) groups excluding carboxylic acids is 1. The van der Waals surface area contributed by atoms with Crippen LogP contribution in [0.5, 0.6) is 0 Å². The number of aromatic nitrogens is 2. The van der Waals surface area contributed by atoms with E-state index in [1.807, 2.05) is 74.0 Å². The lowest BCUT2D eigenvalue weighted by Gasteiger charge is -2.03. The smallest absolute Gasteiger partial charge is 0.195 e. The molecule has 0 aliphatic carbocycles. The minimum Gasteiger partial charge on any atom is -0.288 e. The van der Waals surface area contributed by atoms with Gasteiger partial charge in [0.1, 0.15) is 0 Å². The fourth-order valence-corrected chi connectivity index (χ4v) is 3.31. The van der Waals surface area contributed by atoms with Crippen LogP contribution >= 0.6 is 11.3 Å². The lowest BCUT2D eigenvalue weighted by molar-refractivity contribution is 0.105. The van der Waals surface area contributed by atoms with Crippen LogP contribution in [0.15, 0.2) is 48.5 Å². The number of rotatable bonds is 4. The van der Waals surface area contributed by atoms with Gasteiger partial charge in [-0.2, -0.15) is 5.10 Å². The zero-order valence-corrected chi connectivity index (χ0v) is 14.2. The van der Waals surface area contributed by atoms with Crippen molar-refractivity contribution in [2.24, 2.45) is 0 Å². The summed E-state index contributed by atoms with van der Waals surface area (Å²) in [5.41, 5.74) is 3.96. The topological polar surface area (TPSA) is 34.9 Å². The largest absolute Gasteiger partial charge is 0.288 e. The van der Waals surface area contributed by atoms with Gasteiger partial charge < -0.3 is 0 Å². The van der Waals surface area contributed by atoms with Gasteiger partial charge >= 0.3 is 0 Å². The molecular formula is C19H18N2OS. The average Bonchev–Trinajstić information content (AvgIpc) is 3.10. The molecule has 3 nitrogen and oxygen atoms in total. The minimum absolute atomic E-state index is 0.0364. The first-order valence-corrected chi connectivity index (χ1v) is 8.28. The first-order valence-electron chi connectivity index (χ1n) is 7.47. The van der Waals surface area contributed by atoms with E-state index < -0.39 is 0 Å². The highest BCUT2D eigenvalue weighted by Gasteiger charge is 2.11. The number of para-hydroxylation sites is 1. The van der Waals surface area contributed by atoms with Crippen molar-refractivity contribution in [1.29, 1.82) is 0 Å². The third kappa shape index (κ3) is 3.17. The molecule has 0 fully saturated rings. The molecule has 3 aromatic rings. The highest BCUT2D eigenvalue weighted by Crippen LogP contribution is 2.20. The molecule has 0 saturated heterocycles. The molecule has 0 radical (unpaired) electrons. The molecule has 0 amide bonds. The Morgan fingerprint density at radius 1 is 1.09 bits per heavy atom. The van der Waals surface area contributed by atoms with Gasteiger partial charge in [0.25, 0.3) is 0 Å². The second-order valence-corrected chi connectivity index (χ2v) is 6.73. The molecule has 2 aromatic heterocycles. The van der Waals surface area contributed by atoms with Gasteiger partial charge in [0, 0.05) is 16.1 Å². The minimum atomic E-state index is 0.0364. The molecule has 23 heavy (non-hydrogen) atoms. The molecule has 0 unspecified atom stereocenters. The first kappa shape index (κ1) is 15.4. The second-order valence-electron chi connectivity index (χ2n) is 5.44. The number of carbonyl (C=O) groups is 1. The predicted molar refractivity (Wildman–Crippen MR) is 95.5 cm³/mol. The van der Waals surface area contributed by atoms with Gasteiger partial charge in [-0.15, -0.1) is 11.3 Å². The Labute approximate surface area is 139 Å². The molecule has 0 atom stereocenters. The van der Waals surface area contributed by atoms with E-state index in [0.29, 0.717) is 0 Å². The SMILES string of the molecule is Cc1ccc(C(=O)/C=C/c2c(C)nn(-c3ccccc3)c2C)s1. The average molecular weight is 322 g/mol. The van der Waals surface area contributed by atoms with Gasteiger partial charge in [-0.05, 0) is 57.2 Å². The van der Waals surface area contributed by atoms with Crippen molar-refractivity contribution in [1.82, 2.24) is 9.78 Å². The summed E-state index contributed by atoms with van der Waals surface area (Å²) in [5.74, 6) is 0.0364. The summed E-state index contributed by atoms with van der Waals surface area (Å²) in [7, 11) is 0. The summed E-state index contributed by atoms with van der Waals surface area (Å²) in [6.07, 6.45) is 3.51. The van der Waals surface area contributed by atoms with Crippen LogP contribution in [0, 0.1) is 20.8 Å². The van der Waals surface area contributed by atoms with Gasteiger partial charge in [0.15, 0.2) is 5.78 Å². The Hall–Kier alpha value is -2.46. The lowest BCUT2D eigenvalue weighted by Crippen LogP contribution is -1.98. The second kappa shape index (κ2) is 6.34. The summed E-state index contributed by atoms with van der Waals surface area (Å²) in [6, 6.07) is 13.8. The van der Waals surface area contributed by atoms with Crippen molar-refractivity contribution in [2.75, 3.05) is 0 Å². The number of thiophene rings is 1. The van der Waals surface area contributed by atoms with E-state index in [4.69, 9.17) is 0 Å². The van der Waals surface area contributed by atoms with Crippen LogP contribution in [0.2, 0.25) is 0 Å². The van der Waals surface area contributed by atoms with Crippen LogP contribution in [-0.4, -0.2) is 15.6 Å². The van der Waals surface area contributed by atoms with Crippen LogP contribution in [0.1, 0.15) is 31.5 Å². The van der Waals surface area contributed by atoms with Crippen LogP contribution in [0.25, 0.3) is 11.8 Å². The summed E-state index contributed by atoms with van der Waals surface area (Å²) in [6.45, 7) is 5.99. The third-order valence-corrected chi connectivity index (χ3v) is 4.75. The molecular weight excluding hydrogens is 304 g/mol. The number of allylic oxidation sites excluding steroid dienone is 1. The van der Waals surface area contributed by atoms with Crippen molar-refractivity contribution >= 4 is 23.2 Å². The standard InChI is InChI=1S/C19H18N2OS/c1-13-9-12-19(23-13)18(22)11-10-17-14(2)20-21(15(17)3)16-7-5-4-6-8-16/h4-12H,1-3H3/b11-10+. The first-order chi connectivity index (χ1) is 11.1. The van der Waals surface area contributed by atoms with E-state index in [-0.39, 0.29) is 5.78 Å².